The van der Waals surface area contributed by atoms with Crippen LogP contribution in [0.2, 0.25) is 0 Å². The average molecular weight is 98.1 g/mol. The highest BCUT2D eigenvalue weighted by molar-refractivity contribution is 5.75. The van der Waals surface area contributed by atoms with Gasteiger partial charge in [-0.05, 0) is 6.92 Å². The molecule has 0 saturated heterocycles. The smallest absolute Gasteiger partial charge is 0.0988 e. The molecule has 0 bridgehead atoms. The maximum Gasteiger partial charge on any atom is 0.187 e. The van der Waals surface area contributed by atoms with Crippen molar-refractivity contribution < 1.29 is 0 Å². The number of hydrogen-bond donors (Lipinski definition) is 0. The van der Waals surface area contributed by atoms with Crippen LogP contribution in [0.1, 0.15) is 6.92 Å². The molecule has 6 heavy (non-hydrogen) atoms. The summed E-state index contributed by atoms with van der Waals surface area (Å²) in [6.45, 7) is 8.93. The number of allylic oxidation sites excluding steroid dienone is 2. The van der Waals surface area contributed by atoms with E-state index in [1.54, 1.807) is 6.08 Å². The lowest BCUT2D eigenvalue weighted by atomic mass is 10.4. The monoisotopic (exact) mass is 98.1 g/mol. The van der Waals surface area contributed by atoms with E-state index in [2.05, 4.69) is 13.2 Å². The van der Waals surface area contributed by atoms with Gasteiger partial charge in [0, 0.05) is 0 Å². The average Bonchev–Trinajstić information content (AvgIpc) is 1.38. The summed E-state index contributed by atoms with van der Waals surface area (Å²) in [7, 11) is 0. The third-order valence-electron chi connectivity index (χ3n) is 0.348. The van der Waals surface area contributed by atoms with Crippen LogP contribution in [0, 0.1) is 0 Å². The van der Waals surface area contributed by atoms with Gasteiger partial charge in [0.2, 0.25) is 0 Å². The van der Waals surface area contributed by atoms with Gasteiger partial charge < -0.3 is 0 Å². The summed E-state index contributed by atoms with van der Waals surface area (Å²) in [4.78, 5) is 0. The number of hydrogen-bond acceptors (Lipinski definition) is 0. The van der Waals surface area contributed by atoms with E-state index >= 15 is 0 Å². The first kappa shape index (κ1) is 9.38. The highest BCUT2D eigenvalue weighted by Gasteiger charge is 1.59. The minimum atomic E-state index is 0. The second kappa shape index (κ2) is 5.01. The van der Waals surface area contributed by atoms with E-state index in [1.165, 1.54) is 0 Å². The van der Waals surface area contributed by atoms with Crippen molar-refractivity contribution in [2.75, 3.05) is 0 Å². The molecule has 0 radical (unpaired) electrons. The Morgan fingerprint density at radius 1 is 1.67 bits per heavy atom. The largest absolute Gasteiger partial charge is 0.187 e. The Kier molecular flexibility index (Phi) is 7.84. The first-order valence-electron chi connectivity index (χ1n) is 1.55. The Morgan fingerprint density at radius 2 is 1.83 bits per heavy atom. The van der Waals surface area contributed by atoms with Crippen LogP contribution in [0.15, 0.2) is 24.8 Å². The molecule has 0 heterocycles. The molecule has 34 valence electrons. The molecule has 1 heteroatoms. The zero-order chi connectivity index (χ0) is 4.28. The Morgan fingerprint density at radius 3 is 1.83 bits per heavy atom. The fourth-order valence-corrected chi connectivity index (χ4v) is 0. The molecule has 0 aliphatic rings. The Bertz CT molecular complexity index is 55.0. The SMILES string of the molecule is C=CC(=C)C.[AlH3]. The van der Waals surface area contributed by atoms with Gasteiger partial charge in [0.1, 0.15) is 0 Å². The van der Waals surface area contributed by atoms with Crippen molar-refractivity contribution in [3.05, 3.63) is 24.8 Å². The van der Waals surface area contributed by atoms with Gasteiger partial charge in [-0.2, -0.15) is 0 Å². The van der Waals surface area contributed by atoms with Crippen LogP contribution in [0.3, 0.4) is 0 Å². The fourth-order valence-electron chi connectivity index (χ4n) is 0. The molecule has 0 fully saturated rings. The molecule has 0 amide bonds. The molecular weight excluding hydrogens is 87.0 g/mol. The lowest BCUT2D eigenvalue weighted by Gasteiger charge is -1.71. The molecule has 0 aromatic carbocycles. The van der Waals surface area contributed by atoms with Crippen molar-refractivity contribution in [2.45, 2.75) is 6.92 Å². The molecule has 0 saturated carbocycles. The van der Waals surface area contributed by atoms with Gasteiger partial charge in [0.25, 0.3) is 0 Å². The van der Waals surface area contributed by atoms with Crippen LogP contribution in [-0.4, -0.2) is 17.4 Å². The molecule has 0 spiro atoms. The van der Waals surface area contributed by atoms with Crippen molar-refractivity contribution in [2.24, 2.45) is 0 Å². The van der Waals surface area contributed by atoms with Crippen LogP contribution < -0.4 is 0 Å². The van der Waals surface area contributed by atoms with Crippen molar-refractivity contribution in [3.63, 3.8) is 0 Å². The molecule has 0 aromatic rings. The summed E-state index contributed by atoms with van der Waals surface area (Å²) >= 11 is 0. The highest BCUT2D eigenvalue weighted by Crippen LogP contribution is 1.81. The van der Waals surface area contributed by atoms with E-state index in [9.17, 15) is 0 Å². The summed E-state index contributed by atoms with van der Waals surface area (Å²) < 4.78 is 0. The lowest BCUT2D eigenvalue weighted by molar-refractivity contribution is 1.58. The second-order valence-electron chi connectivity index (χ2n) is 1.05. The van der Waals surface area contributed by atoms with Crippen LogP contribution in [0.25, 0.3) is 0 Å². The Hall–Kier alpha value is 0.0125. The molecule has 0 aromatic heterocycles. The van der Waals surface area contributed by atoms with Gasteiger partial charge in [-0.25, -0.2) is 0 Å². The summed E-state index contributed by atoms with van der Waals surface area (Å²) in [6, 6.07) is 0. The highest BCUT2D eigenvalue weighted by atomic mass is 27.0. The first-order valence-corrected chi connectivity index (χ1v) is 1.55. The lowest BCUT2D eigenvalue weighted by Crippen LogP contribution is -1.50. The van der Waals surface area contributed by atoms with E-state index in [0.717, 1.165) is 5.57 Å². The van der Waals surface area contributed by atoms with E-state index in [4.69, 9.17) is 0 Å². The van der Waals surface area contributed by atoms with Gasteiger partial charge in [0.05, 0.1) is 0 Å². The first-order chi connectivity index (χ1) is 2.27. The van der Waals surface area contributed by atoms with Crippen LogP contribution in [0.5, 0.6) is 0 Å². The molecular formula is C5H11Al. The van der Waals surface area contributed by atoms with Crippen LogP contribution >= 0.6 is 0 Å². The molecule has 0 nitrogen and oxygen atoms in total. The van der Waals surface area contributed by atoms with Crippen LogP contribution in [-0.2, 0) is 0 Å². The van der Waals surface area contributed by atoms with Crippen LogP contribution in [0.4, 0.5) is 0 Å². The molecule has 0 N–H and O–H groups in total. The maximum absolute atomic E-state index is 3.56. The Balaban J connectivity index is 0. The van der Waals surface area contributed by atoms with E-state index < -0.39 is 0 Å². The maximum atomic E-state index is 3.56. The van der Waals surface area contributed by atoms with Crippen molar-refractivity contribution >= 4 is 17.4 Å². The molecule has 0 unspecified atom stereocenters. The van der Waals surface area contributed by atoms with Crippen molar-refractivity contribution in [1.82, 2.24) is 0 Å². The van der Waals surface area contributed by atoms with E-state index in [1.807, 2.05) is 6.92 Å². The topological polar surface area (TPSA) is 0 Å². The third kappa shape index (κ3) is 8.99. The molecule has 0 atom stereocenters. The molecule has 0 aliphatic heterocycles. The minimum Gasteiger partial charge on any atom is -0.0988 e. The summed E-state index contributed by atoms with van der Waals surface area (Å²) in [6.07, 6.45) is 1.72. The zero-order valence-corrected chi connectivity index (χ0v) is 3.49. The fraction of sp³-hybridized carbons (Fsp3) is 0.200. The minimum absolute atomic E-state index is 0. The van der Waals surface area contributed by atoms with Gasteiger partial charge >= 0.3 is 0 Å². The van der Waals surface area contributed by atoms with E-state index in [-0.39, 0.29) is 17.4 Å². The summed E-state index contributed by atoms with van der Waals surface area (Å²) in [5.41, 5.74) is 1.02. The zero-order valence-electron chi connectivity index (χ0n) is 3.49. The predicted octanol–water partition coefficient (Wildman–Crippen LogP) is 0.565. The molecule has 0 rings (SSSR count). The normalized spacial score (nSPS) is 5.50. The number of rotatable bonds is 1. The molecule has 0 aliphatic carbocycles. The quantitative estimate of drug-likeness (QED) is 0.332. The van der Waals surface area contributed by atoms with E-state index in [0.29, 0.717) is 0 Å². The summed E-state index contributed by atoms with van der Waals surface area (Å²) in [5, 5.41) is 0. The standard InChI is InChI=1S/C5H8.Al.3H/c1-4-5(2)3;;;;/h4H,1-2H2,3H3;;;;. The van der Waals surface area contributed by atoms with Crippen molar-refractivity contribution in [1.29, 1.82) is 0 Å². The Labute approximate surface area is 49.7 Å². The van der Waals surface area contributed by atoms with Crippen molar-refractivity contribution in [3.8, 4) is 0 Å². The second-order valence-corrected chi connectivity index (χ2v) is 1.05. The van der Waals surface area contributed by atoms with Gasteiger partial charge in [-0.15, -0.1) is 0 Å². The predicted molar refractivity (Wildman–Crippen MR) is 34.9 cm³/mol. The van der Waals surface area contributed by atoms with Gasteiger partial charge in [-0.3, -0.25) is 0 Å². The van der Waals surface area contributed by atoms with Gasteiger partial charge in [0.15, 0.2) is 17.4 Å². The third-order valence-corrected chi connectivity index (χ3v) is 0.348. The van der Waals surface area contributed by atoms with Gasteiger partial charge in [-0.1, -0.05) is 24.8 Å². The summed E-state index contributed by atoms with van der Waals surface area (Å²) in [5.74, 6) is 0.